The molecular weight excluding hydrogens is 362 g/mol. The molecule has 4 aromatic rings. The highest BCUT2D eigenvalue weighted by Crippen LogP contribution is 2.31. The fourth-order valence-corrected chi connectivity index (χ4v) is 2.94. The van der Waals surface area contributed by atoms with E-state index in [1.165, 1.54) is 0 Å². The summed E-state index contributed by atoms with van der Waals surface area (Å²) in [5, 5.41) is 10.1. The summed E-state index contributed by atoms with van der Waals surface area (Å²) in [6.45, 7) is 6.92. The van der Waals surface area contributed by atoms with Gasteiger partial charge in [0, 0.05) is 5.57 Å². The van der Waals surface area contributed by atoms with Gasteiger partial charge in [-0.05, 0) is 49.7 Å². The SMILES string of the molecule is C=C(C)C(=O)OCCOC(=O)c1ccc2c(c1)n1n(-c3cc(C)ccc3O)n21. The molecule has 2 heterocycles. The van der Waals surface area contributed by atoms with Crippen LogP contribution in [0.25, 0.3) is 16.7 Å². The highest BCUT2D eigenvalue weighted by atomic mass is 16.6. The minimum atomic E-state index is -0.516. The van der Waals surface area contributed by atoms with Crippen LogP contribution in [0.1, 0.15) is 22.8 Å². The third-order valence-electron chi connectivity index (χ3n) is 4.39. The van der Waals surface area contributed by atoms with Gasteiger partial charge in [-0.2, -0.15) is 0 Å². The van der Waals surface area contributed by atoms with Gasteiger partial charge in [0.05, 0.1) is 5.56 Å². The Kier molecular flexibility index (Phi) is 4.11. The molecule has 2 aromatic heterocycles. The van der Waals surface area contributed by atoms with E-state index in [9.17, 15) is 14.7 Å². The van der Waals surface area contributed by atoms with E-state index in [-0.39, 0.29) is 19.0 Å². The van der Waals surface area contributed by atoms with Crippen LogP contribution < -0.4 is 0 Å². The number of fused-ring (bicyclic) bond motifs is 4. The number of carbonyl (C=O) groups excluding carboxylic acids is 2. The molecule has 0 atom stereocenters. The largest absolute Gasteiger partial charge is 0.506 e. The number of aryl methyl sites for hydroxylation is 1. The number of hydrogen-bond donors (Lipinski definition) is 1. The van der Waals surface area contributed by atoms with Crippen LogP contribution in [0.5, 0.6) is 5.75 Å². The summed E-state index contributed by atoms with van der Waals surface area (Å²) in [5.74, 6) is -0.840. The van der Waals surface area contributed by atoms with Gasteiger partial charge < -0.3 is 14.6 Å². The van der Waals surface area contributed by atoms with Gasteiger partial charge in [0.25, 0.3) is 0 Å². The third-order valence-corrected chi connectivity index (χ3v) is 4.39. The van der Waals surface area contributed by atoms with E-state index in [4.69, 9.17) is 9.47 Å². The van der Waals surface area contributed by atoms with Gasteiger partial charge in [-0.3, -0.25) is 0 Å². The highest BCUT2D eigenvalue weighted by Gasteiger charge is 2.26. The first kappa shape index (κ1) is 17.7. The second kappa shape index (κ2) is 6.49. The molecule has 0 bridgehead atoms. The number of ether oxygens (including phenoxy) is 2. The van der Waals surface area contributed by atoms with Crippen molar-refractivity contribution in [2.24, 2.45) is 0 Å². The van der Waals surface area contributed by atoms with Gasteiger partial charge in [0.15, 0.2) is 0 Å². The Balaban J connectivity index is 1.48. The molecule has 4 rings (SSSR count). The topological polar surface area (TPSA) is 86.6 Å². The first-order valence-corrected chi connectivity index (χ1v) is 8.72. The van der Waals surface area contributed by atoms with Crippen molar-refractivity contribution in [2.75, 3.05) is 13.2 Å². The zero-order chi connectivity index (χ0) is 20.0. The number of esters is 2. The summed E-state index contributed by atoms with van der Waals surface area (Å²) in [6.07, 6.45) is 0. The number of nitrogens with zero attached hydrogens (tertiary/aromatic N) is 3. The normalized spacial score (nSPS) is 11.4. The van der Waals surface area contributed by atoms with E-state index in [1.807, 2.05) is 39.2 Å². The average molecular weight is 381 g/mol. The summed E-state index contributed by atoms with van der Waals surface area (Å²) in [4.78, 5) is 25.3. The van der Waals surface area contributed by atoms with E-state index in [0.29, 0.717) is 16.8 Å². The summed E-state index contributed by atoms with van der Waals surface area (Å²) >= 11 is 0. The molecule has 0 unspecified atom stereocenters. The lowest BCUT2D eigenvalue weighted by molar-refractivity contribution is -0.140. The molecule has 8 heteroatoms. The second-order valence-corrected chi connectivity index (χ2v) is 6.62. The fraction of sp³-hybridized carbons (Fsp3) is 0.200. The van der Waals surface area contributed by atoms with Gasteiger partial charge in [-0.15, -0.1) is 14.1 Å². The van der Waals surface area contributed by atoms with E-state index in [0.717, 1.165) is 16.6 Å². The first-order chi connectivity index (χ1) is 13.4. The van der Waals surface area contributed by atoms with Crippen LogP contribution in [-0.4, -0.2) is 44.3 Å². The van der Waals surface area contributed by atoms with Crippen molar-refractivity contribution in [1.82, 2.24) is 14.1 Å². The van der Waals surface area contributed by atoms with Crippen molar-refractivity contribution in [3.63, 3.8) is 0 Å². The number of aromatic hydroxyl groups is 1. The van der Waals surface area contributed by atoms with E-state index >= 15 is 0 Å². The Hall–Kier alpha value is -3.68. The summed E-state index contributed by atoms with van der Waals surface area (Å²) < 4.78 is 13.8. The summed E-state index contributed by atoms with van der Waals surface area (Å²) in [7, 11) is 0. The Morgan fingerprint density at radius 1 is 1.04 bits per heavy atom. The lowest BCUT2D eigenvalue weighted by atomic mass is 10.2. The number of phenols is 1. The van der Waals surface area contributed by atoms with Crippen LogP contribution in [0, 0.1) is 6.92 Å². The maximum atomic E-state index is 12.2. The van der Waals surface area contributed by atoms with Crippen molar-refractivity contribution in [2.45, 2.75) is 13.8 Å². The number of carbonyl (C=O) groups is 2. The molecule has 1 N–H and O–H groups in total. The number of aromatic nitrogens is 3. The van der Waals surface area contributed by atoms with Crippen molar-refractivity contribution in [3.05, 3.63) is 59.7 Å². The molecule has 28 heavy (non-hydrogen) atoms. The minimum Gasteiger partial charge on any atom is -0.506 e. The van der Waals surface area contributed by atoms with Crippen molar-refractivity contribution in [3.8, 4) is 11.4 Å². The van der Waals surface area contributed by atoms with Crippen LogP contribution >= 0.6 is 0 Å². The Morgan fingerprint density at radius 3 is 2.50 bits per heavy atom. The molecule has 0 aliphatic rings. The van der Waals surface area contributed by atoms with Gasteiger partial charge in [0.1, 0.15) is 35.7 Å². The van der Waals surface area contributed by atoms with Crippen molar-refractivity contribution >= 4 is 23.0 Å². The molecule has 8 nitrogen and oxygen atoms in total. The Labute approximate surface area is 160 Å². The molecule has 0 amide bonds. The zero-order valence-corrected chi connectivity index (χ0v) is 15.5. The van der Waals surface area contributed by atoms with Gasteiger partial charge >= 0.3 is 11.9 Å². The minimum absolute atomic E-state index is 0.0251. The third kappa shape index (κ3) is 2.88. The van der Waals surface area contributed by atoms with E-state index < -0.39 is 11.9 Å². The molecule has 0 spiro atoms. The molecule has 0 saturated carbocycles. The fourth-order valence-electron chi connectivity index (χ4n) is 2.94. The molecule has 2 aromatic carbocycles. The smallest absolute Gasteiger partial charge is 0.338 e. The average Bonchev–Trinajstić information content (AvgIpc) is 3.33. The highest BCUT2D eigenvalue weighted by molar-refractivity contribution is 5.94. The molecular formula is C20H19N3O5. The van der Waals surface area contributed by atoms with Crippen molar-refractivity contribution < 1.29 is 24.2 Å². The lowest BCUT2D eigenvalue weighted by Gasteiger charge is -2.07. The quantitative estimate of drug-likeness (QED) is 0.315. The number of hydrogen-bond acceptors (Lipinski definition) is 5. The molecule has 0 aliphatic carbocycles. The first-order valence-electron chi connectivity index (χ1n) is 8.72. The molecule has 0 radical (unpaired) electrons. The predicted octanol–water partition coefficient (Wildman–Crippen LogP) is 2.71. The van der Waals surface area contributed by atoms with Crippen LogP contribution in [0.15, 0.2) is 48.6 Å². The predicted molar refractivity (Wildman–Crippen MR) is 101 cm³/mol. The number of rotatable bonds is 6. The summed E-state index contributed by atoms with van der Waals surface area (Å²) in [5.41, 5.74) is 4.14. The van der Waals surface area contributed by atoms with Crippen molar-refractivity contribution in [1.29, 1.82) is 0 Å². The lowest BCUT2D eigenvalue weighted by Crippen LogP contribution is -2.14. The van der Waals surface area contributed by atoms with E-state index in [2.05, 4.69) is 6.58 Å². The second-order valence-electron chi connectivity index (χ2n) is 6.62. The zero-order valence-electron chi connectivity index (χ0n) is 15.5. The van der Waals surface area contributed by atoms with Gasteiger partial charge in [-0.25, -0.2) is 9.59 Å². The van der Waals surface area contributed by atoms with Crippen LogP contribution in [0.2, 0.25) is 0 Å². The number of phenolic OH excluding ortho intramolecular Hbond substituents is 1. The van der Waals surface area contributed by atoms with E-state index in [1.54, 1.807) is 25.1 Å². The van der Waals surface area contributed by atoms with Gasteiger partial charge in [0.2, 0.25) is 0 Å². The number of benzene rings is 2. The summed E-state index contributed by atoms with van der Waals surface area (Å²) in [6, 6.07) is 10.6. The molecule has 0 fully saturated rings. The van der Waals surface area contributed by atoms with Crippen LogP contribution in [0.3, 0.4) is 0 Å². The van der Waals surface area contributed by atoms with Crippen LogP contribution in [-0.2, 0) is 14.3 Å². The monoisotopic (exact) mass is 381 g/mol. The molecule has 0 aliphatic heterocycles. The maximum Gasteiger partial charge on any atom is 0.338 e. The Bertz CT molecular complexity index is 1210. The Morgan fingerprint density at radius 2 is 1.75 bits per heavy atom. The maximum absolute atomic E-state index is 12.2. The standard InChI is InChI=1S/C20H19N3O5/c1-12(2)19(25)27-8-9-28-20(26)14-5-6-15-16(11-14)22-21(15)23(22)17-10-13(3)4-7-18(17)24/h4-7,10-11,24H,1,8-9H2,2-3H3. The van der Waals surface area contributed by atoms with Gasteiger partial charge in [-0.1, -0.05) is 12.6 Å². The van der Waals surface area contributed by atoms with Crippen LogP contribution in [0.4, 0.5) is 0 Å². The molecule has 0 saturated heterocycles. The molecule has 144 valence electrons.